The Morgan fingerprint density at radius 1 is 1.44 bits per heavy atom. The van der Waals surface area contributed by atoms with Crippen LogP contribution in [0.3, 0.4) is 0 Å². The van der Waals surface area contributed by atoms with Gasteiger partial charge in [0.05, 0.1) is 22.6 Å². The van der Waals surface area contributed by atoms with Crippen LogP contribution in [-0.2, 0) is 0 Å². The van der Waals surface area contributed by atoms with Crippen molar-refractivity contribution in [3.8, 4) is 0 Å². The van der Waals surface area contributed by atoms with Gasteiger partial charge in [0.25, 0.3) is 0 Å². The van der Waals surface area contributed by atoms with E-state index in [9.17, 15) is 0 Å². The Morgan fingerprint density at radius 3 is 2.88 bits per heavy atom. The number of rotatable bonds is 1. The first-order chi connectivity index (χ1) is 7.66. The van der Waals surface area contributed by atoms with Crippen LogP contribution >= 0.6 is 0 Å². The van der Waals surface area contributed by atoms with Crippen LogP contribution in [0.2, 0.25) is 0 Å². The zero-order valence-corrected chi connectivity index (χ0v) is 9.64. The maximum Gasteiger partial charge on any atom is 0.134 e. The van der Waals surface area contributed by atoms with Crippen LogP contribution in [0.15, 0.2) is 12.3 Å². The summed E-state index contributed by atoms with van der Waals surface area (Å²) in [6, 6.07) is 2.56. The highest BCUT2D eigenvalue weighted by molar-refractivity contribution is 5.90. The van der Waals surface area contributed by atoms with Gasteiger partial charge in [-0.3, -0.25) is 4.68 Å². The van der Waals surface area contributed by atoms with Crippen molar-refractivity contribution in [3.63, 3.8) is 0 Å². The van der Waals surface area contributed by atoms with Crippen molar-refractivity contribution < 1.29 is 0 Å². The molecule has 0 radical (unpaired) electrons. The van der Waals surface area contributed by atoms with E-state index < -0.39 is 0 Å². The molecule has 2 heterocycles. The molecule has 0 saturated heterocycles. The molecule has 2 N–H and O–H groups in total. The van der Waals surface area contributed by atoms with E-state index in [2.05, 4.69) is 21.7 Å². The Labute approximate surface area is 94.5 Å². The predicted octanol–water partition coefficient (Wildman–Crippen LogP) is 2.29. The highest BCUT2D eigenvalue weighted by atomic mass is 15.3. The van der Waals surface area contributed by atoms with Gasteiger partial charge in [0.15, 0.2) is 0 Å². The lowest BCUT2D eigenvalue weighted by Gasteiger charge is -2.33. The maximum absolute atomic E-state index is 5.89. The van der Waals surface area contributed by atoms with E-state index in [1.165, 1.54) is 12.8 Å². The number of aryl methyl sites for hydroxylation is 1. The highest BCUT2D eigenvalue weighted by Gasteiger charge is 2.29. The largest absolute Gasteiger partial charge is 0.383 e. The second kappa shape index (κ2) is 3.20. The molecule has 2 aromatic heterocycles. The van der Waals surface area contributed by atoms with Crippen LogP contribution in [-0.4, -0.2) is 14.8 Å². The summed E-state index contributed by atoms with van der Waals surface area (Å²) in [7, 11) is 0. The third-order valence-electron chi connectivity index (χ3n) is 3.52. The summed E-state index contributed by atoms with van der Waals surface area (Å²) in [5, 5.41) is 5.62. The van der Waals surface area contributed by atoms with Crippen molar-refractivity contribution in [2.75, 3.05) is 5.73 Å². The van der Waals surface area contributed by atoms with Crippen LogP contribution in [0.4, 0.5) is 5.82 Å². The first-order valence-corrected chi connectivity index (χ1v) is 5.76. The summed E-state index contributed by atoms with van der Waals surface area (Å²) in [4.78, 5) is 4.12. The van der Waals surface area contributed by atoms with Crippen molar-refractivity contribution in [3.05, 3.63) is 18.0 Å². The first-order valence-electron chi connectivity index (χ1n) is 5.76. The summed E-state index contributed by atoms with van der Waals surface area (Å²) in [5.74, 6) is 1.41. The molecule has 1 fully saturated rings. The quantitative estimate of drug-likeness (QED) is 0.795. The van der Waals surface area contributed by atoms with Gasteiger partial charge in [-0.05, 0) is 31.7 Å². The normalized spacial score (nSPS) is 24.6. The van der Waals surface area contributed by atoms with Crippen LogP contribution in [0, 0.1) is 12.8 Å². The average molecular weight is 216 g/mol. The van der Waals surface area contributed by atoms with Crippen molar-refractivity contribution in [1.29, 1.82) is 0 Å². The van der Waals surface area contributed by atoms with Gasteiger partial charge >= 0.3 is 0 Å². The standard InChI is InChI=1S/C12H16N4/c1-7-5-9(6-7)16-10-3-4-14-12(13)11(10)8(2)15-16/h3-4,7,9H,5-6H2,1-2H3,(H2,13,14). The summed E-state index contributed by atoms with van der Waals surface area (Å²) < 4.78 is 2.13. The number of nitrogen functional groups attached to an aromatic ring is 1. The SMILES string of the molecule is Cc1nn(C2CC(C)C2)c2ccnc(N)c12. The lowest BCUT2D eigenvalue weighted by molar-refractivity contribution is 0.205. The van der Waals surface area contributed by atoms with E-state index in [0.717, 1.165) is 22.5 Å². The molecule has 0 unspecified atom stereocenters. The van der Waals surface area contributed by atoms with Crippen molar-refractivity contribution in [1.82, 2.24) is 14.8 Å². The minimum absolute atomic E-state index is 0.549. The number of aromatic nitrogens is 3. The van der Waals surface area contributed by atoms with E-state index in [4.69, 9.17) is 5.73 Å². The van der Waals surface area contributed by atoms with Crippen LogP contribution < -0.4 is 5.73 Å². The van der Waals surface area contributed by atoms with E-state index >= 15 is 0 Å². The summed E-state index contributed by atoms with van der Waals surface area (Å²) in [6.45, 7) is 4.28. The molecular weight excluding hydrogens is 200 g/mol. The van der Waals surface area contributed by atoms with E-state index in [1.54, 1.807) is 6.20 Å². The van der Waals surface area contributed by atoms with Crippen molar-refractivity contribution in [2.45, 2.75) is 32.7 Å². The number of anilines is 1. The lowest BCUT2D eigenvalue weighted by Crippen LogP contribution is -2.25. The Morgan fingerprint density at radius 2 is 2.19 bits per heavy atom. The van der Waals surface area contributed by atoms with Gasteiger partial charge in [0, 0.05) is 6.20 Å². The fraction of sp³-hybridized carbons (Fsp3) is 0.500. The Kier molecular flexibility index (Phi) is 1.93. The van der Waals surface area contributed by atoms with Gasteiger partial charge in [-0.1, -0.05) is 6.92 Å². The van der Waals surface area contributed by atoms with Gasteiger partial charge < -0.3 is 5.73 Å². The molecule has 84 valence electrons. The van der Waals surface area contributed by atoms with Gasteiger partial charge in [-0.15, -0.1) is 0 Å². The molecule has 0 spiro atoms. The van der Waals surface area contributed by atoms with Crippen LogP contribution in [0.25, 0.3) is 10.9 Å². The zero-order chi connectivity index (χ0) is 11.3. The minimum Gasteiger partial charge on any atom is -0.383 e. The minimum atomic E-state index is 0.549. The van der Waals surface area contributed by atoms with Crippen LogP contribution in [0.5, 0.6) is 0 Å². The molecule has 1 aliphatic carbocycles. The molecule has 4 heteroatoms. The first kappa shape index (κ1) is 9.63. The van der Waals surface area contributed by atoms with E-state index in [0.29, 0.717) is 11.9 Å². The Hall–Kier alpha value is -1.58. The Balaban J connectivity index is 2.16. The fourth-order valence-corrected chi connectivity index (χ4v) is 2.63. The van der Waals surface area contributed by atoms with Gasteiger partial charge in [-0.25, -0.2) is 4.98 Å². The third-order valence-corrected chi connectivity index (χ3v) is 3.52. The predicted molar refractivity (Wildman–Crippen MR) is 64.1 cm³/mol. The fourth-order valence-electron chi connectivity index (χ4n) is 2.63. The zero-order valence-electron chi connectivity index (χ0n) is 9.64. The number of hydrogen-bond donors (Lipinski definition) is 1. The van der Waals surface area contributed by atoms with E-state index in [1.807, 2.05) is 13.0 Å². The molecule has 16 heavy (non-hydrogen) atoms. The van der Waals surface area contributed by atoms with Gasteiger partial charge in [-0.2, -0.15) is 5.10 Å². The second-order valence-electron chi connectivity index (χ2n) is 4.85. The van der Waals surface area contributed by atoms with Crippen molar-refractivity contribution >= 4 is 16.7 Å². The molecule has 4 nitrogen and oxygen atoms in total. The number of pyridine rings is 1. The van der Waals surface area contributed by atoms with Gasteiger partial charge in [0.1, 0.15) is 5.82 Å². The molecule has 0 aromatic carbocycles. The molecule has 2 aromatic rings. The number of hydrogen-bond acceptors (Lipinski definition) is 3. The molecular formula is C12H16N4. The molecule has 1 saturated carbocycles. The molecule has 0 bridgehead atoms. The smallest absolute Gasteiger partial charge is 0.134 e. The second-order valence-corrected chi connectivity index (χ2v) is 4.85. The number of nitrogens with two attached hydrogens (primary N) is 1. The molecule has 3 rings (SSSR count). The molecule has 0 atom stereocenters. The lowest BCUT2D eigenvalue weighted by atomic mass is 9.82. The Bertz CT molecular complexity index is 537. The van der Waals surface area contributed by atoms with Crippen LogP contribution in [0.1, 0.15) is 31.5 Å². The molecule has 0 amide bonds. The number of nitrogens with zero attached hydrogens (tertiary/aromatic N) is 3. The van der Waals surface area contributed by atoms with Crippen molar-refractivity contribution in [2.24, 2.45) is 5.92 Å². The third kappa shape index (κ3) is 1.22. The molecule has 0 aliphatic heterocycles. The molecule has 1 aliphatic rings. The van der Waals surface area contributed by atoms with Gasteiger partial charge in [0.2, 0.25) is 0 Å². The number of fused-ring (bicyclic) bond motifs is 1. The highest BCUT2D eigenvalue weighted by Crippen LogP contribution is 2.39. The summed E-state index contributed by atoms with van der Waals surface area (Å²) in [5.41, 5.74) is 8.01. The van der Waals surface area contributed by atoms with E-state index in [-0.39, 0.29) is 0 Å². The summed E-state index contributed by atoms with van der Waals surface area (Å²) in [6.07, 6.45) is 4.20. The average Bonchev–Trinajstić information content (AvgIpc) is 2.53. The monoisotopic (exact) mass is 216 g/mol. The topological polar surface area (TPSA) is 56.7 Å². The maximum atomic E-state index is 5.89. The summed E-state index contributed by atoms with van der Waals surface area (Å²) >= 11 is 0.